The number of aromatic nitrogens is 3. The zero-order valence-corrected chi connectivity index (χ0v) is 23.7. The van der Waals surface area contributed by atoms with Crippen molar-refractivity contribution in [1.29, 1.82) is 0 Å². The van der Waals surface area contributed by atoms with Crippen molar-refractivity contribution in [2.45, 2.75) is 90.3 Å². The predicted molar refractivity (Wildman–Crippen MR) is 147 cm³/mol. The van der Waals surface area contributed by atoms with Gasteiger partial charge in [-0.15, -0.1) is 0 Å². The molecule has 214 valence electrons. The highest BCUT2D eigenvalue weighted by Gasteiger charge is 2.69. The van der Waals surface area contributed by atoms with Crippen molar-refractivity contribution in [2.24, 2.45) is 34.5 Å². The highest BCUT2D eigenvalue weighted by molar-refractivity contribution is 5.67. The van der Waals surface area contributed by atoms with Crippen molar-refractivity contribution in [1.82, 2.24) is 13.9 Å². The van der Waals surface area contributed by atoms with Crippen LogP contribution in [0, 0.1) is 34.5 Å². The lowest BCUT2D eigenvalue weighted by atomic mass is 9.47. The molecule has 1 aliphatic heterocycles. The van der Waals surface area contributed by atoms with E-state index in [9.17, 15) is 24.0 Å². The molecule has 6 rings (SSSR count). The number of carbonyl (C=O) groups excluding carboxylic acids is 3. The average Bonchev–Trinajstić information content (AvgIpc) is 3.42. The Balaban J connectivity index is 1.63. The average molecular weight is 550 g/mol. The number of carbonyl (C=O) groups is 3. The van der Waals surface area contributed by atoms with E-state index < -0.39 is 34.4 Å². The molecule has 40 heavy (non-hydrogen) atoms. The first-order valence-electron chi connectivity index (χ1n) is 14.7. The van der Waals surface area contributed by atoms with Gasteiger partial charge in [-0.3, -0.25) is 4.79 Å². The number of fused-ring (bicyclic) bond motifs is 8. The normalized spacial score (nSPS) is 38.8. The number of hydrogen-bond acceptors (Lipinski definition) is 6. The Kier molecular flexibility index (Phi) is 6.16. The standard InChI is InChI=1S/C31H39N3O6/c1-19(17-35)23-10-11-24-26-25(13-14-29(23,24)3)30(4)15-12-22(40-20(2)37)16-31(30,18-36)34-28(39)32(27(38)33(26)34)21-8-6-5-7-9-21/h5-9,17-19,22-26H,10-16H2,1-4H3. The van der Waals surface area contributed by atoms with Crippen LogP contribution in [-0.2, 0) is 24.7 Å². The van der Waals surface area contributed by atoms with Gasteiger partial charge in [0.05, 0.1) is 11.7 Å². The number of aldehydes is 2. The van der Waals surface area contributed by atoms with Gasteiger partial charge in [-0.2, -0.15) is 0 Å². The van der Waals surface area contributed by atoms with Crippen LogP contribution in [0.25, 0.3) is 5.69 Å². The maximum Gasteiger partial charge on any atom is 0.352 e. The third-order valence-electron chi connectivity index (χ3n) is 11.7. The van der Waals surface area contributed by atoms with E-state index in [-0.39, 0.29) is 41.5 Å². The van der Waals surface area contributed by atoms with Crippen LogP contribution in [0.15, 0.2) is 39.9 Å². The summed E-state index contributed by atoms with van der Waals surface area (Å²) in [6.45, 7) is 7.70. The van der Waals surface area contributed by atoms with Crippen LogP contribution >= 0.6 is 0 Å². The summed E-state index contributed by atoms with van der Waals surface area (Å²) in [7, 11) is 0. The molecular formula is C31H39N3O6. The third-order valence-corrected chi connectivity index (χ3v) is 11.7. The highest BCUT2D eigenvalue weighted by Crippen LogP contribution is 2.69. The molecular weight excluding hydrogens is 510 g/mol. The molecule has 9 atom stereocenters. The van der Waals surface area contributed by atoms with Crippen molar-refractivity contribution < 1.29 is 19.1 Å². The van der Waals surface area contributed by atoms with Gasteiger partial charge in [0.2, 0.25) is 0 Å². The molecule has 4 aliphatic rings. The molecule has 3 fully saturated rings. The van der Waals surface area contributed by atoms with Gasteiger partial charge in [-0.05, 0) is 73.8 Å². The molecule has 0 saturated heterocycles. The monoisotopic (exact) mass is 549 g/mol. The summed E-state index contributed by atoms with van der Waals surface area (Å²) in [5.74, 6) is -0.255. The largest absolute Gasteiger partial charge is 0.462 e. The number of benzene rings is 1. The lowest BCUT2D eigenvalue weighted by Crippen LogP contribution is -2.69. The molecule has 0 amide bonds. The zero-order valence-electron chi connectivity index (χ0n) is 23.7. The van der Waals surface area contributed by atoms with E-state index in [0.29, 0.717) is 18.5 Å². The Hall–Kier alpha value is -3.23. The summed E-state index contributed by atoms with van der Waals surface area (Å²) < 4.78 is 9.88. The van der Waals surface area contributed by atoms with E-state index in [1.807, 2.05) is 13.0 Å². The number of esters is 1. The number of ether oxygens (including phenoxy) is 1. The first-order chi connectivity index (χ1) is 19.0. The summed E-state index contributed by atoms with van der Waals surface area (Å²) in [6, 6.07) is 8.56. The predicted octanol–water partition coefficient (Wildman–Crippen LogP) is 3.65. The SMILES string of the molecule is CC(=O)OC1CCC2(C)C3CCC4(C)C(C(C)C=O)CCC4C3n3c(=O)n(-c4ccccc4)c(=O)n3C2(C=O)C1. The Morgan fingerprint density at radius 3 is 2.38 bits per heavy atom. The number of para-hydroxylation sites is 1. The van der Waals surface area contributed by atoms with Gasteiger partial charge in [0, 0.05) is 24.7 Å². The lowest BCUT2D eigenvalue weighted by Gasteiger charge is -2.63. The Morgan fingerprint density at radius 2 is 1.73 bits per heavy atom. The lowest BCUT2D eigenvalue weighted by molar-refractivity contribution is -0.186. The van der Waals surface area contributed by atoms with Gasteiger partial charge in [-0.25, -0.2) is 23.5 Å². The minimum Gasteiger partial charge on any atom is -0.462 e. The minimum atomic E-state index is -1.34. The quantitative estimate of drug-likeness (QED) is 0.416. The summed E-state index contributed by atoms with van der Waals surface area (Å²) in [4.78, 5) is 66.0. The Labute approximate surface area is 233 Å². The van der Waals surface area contributed by atoms with Gasteiger partial charge in [0.25, 0.3) is 0 Å². The van der Waals surface area contributed by atoms with Crippen molar-refractivity contribution in [3.8, 4) is 5.69 Å². The molecule has 1 aromatic heterocycles. The first kappa shape index (κ1) is 27.0. The summed E-state index contributed by atoms with van der Waals surface area (Å²) in [5, 5.41) is 0. The fourth-order valence-corrected chi connectivity index (χ4v) is 9.78. The molecule has 2 aromatic rings. The van der Waals surface area contributed by atoms with Crippen LogP contribution in [0.2, 0.25) is 0 Å². The molecule has 2 heterocycles. The third kappa shape index (κ3) is 3.35. The van der Waals surface area contributed by atoms with E-state index in [1.165, 1.54) is 16.2 Å². The number of nitrogens with zero attached hydrogens (tertiary/aromatic N) is 3. The molecule has 3 aliphatic carbocycles. The molecule has 9 unspecified atom stereocenters. The highest BCUT2D eigenvalue weighted by atomic mass is 16.5. The van der Waals surface area contributed by atoms with Gasteiger partial charge in [-0.1, -0.05) is 39.0 Å². The van der Waals surface area contributed by atoms with E-state index in [2.05, 4.69) is 13.8 Å². The van der Waals surface area contributed by atoms with Gasteiger partial charge >= 0.3 is 17.3 Å². The summed E-state index contributed by atoms with van der Waals surface area (Å²) in [5.41, 5.74) is -2.66. The van der Waals surface area contributed by atoms with Crippen molar-refractivity contribution in [3.63, 3.8) is 0 Å². The maximum absolute atomic E-state index is 14.4. The second-order valence-electron chi connectivity index (χ2n) is 13.3. The van der Waals surface area contributed by atoms with Crippen molar-refractivity contribution in [3.05, 3.63) is 51.3 Å². The summed E-state index contributed by atoms with van der Waals surface area (Å²) in [6.07, 6.45) is 6.17. The fourth-order valence-electron chi connectivity index (χ4n) is 9.78. The molecule has 0 N–H and O–H groups in total. The van der Waals surface area contributed by atoms with Crippen LogP contribution in [0.4, 0.5) is 0 Å². The van der Waals surface area contributed by atoms with Crippen LogP contribution in [0.1, 0.15) is 78.7 Å². The van der Waals surface area contributed by atoms with Gasteiger partial charge < -0.3 is 14.3 Å². The van der Waals surface area contributed by atoms with Gasteiger partial charge in [0.1, 0.15) is 24.2 Å². The molecule has 9 heteroatoms. The van der Waals surface area contributed by atoms with E-state index in [0.717, 1.165) is 38.3 Å². The Bertz CT molecular complexity index is 1470. The molecule has 0 bridgehead atoms. The van der Waals surface area contributed by atoms with Crippen LogP contribution < -0.4 is 11.4 Å². The zero-order chi connectivity index (χ0) is 28.6. The number of rotatable bonds is 5. The summed E-state index contributed by atoms with van der Waals surface area (Å²) >= 11 is 0. The van der Waals surface area contributed by atoms with Crippen molar-refractivity contribution >= 4 is 18.5 Å². The van der Waals surface area contributed by atoms with E-state index in [4.69, 9.17) is 4.74 Å². The fraction of sp³-hybridized carbons (Fsp3) is 0.645. The number of hydrogen-bond donors (Lipinski definition) is 0. The maximum atomic E-state index is 14.4. The first-order valence-corrected chi connectivity index (χ1v) is 14.7. The molecule has 0 spiro atoms. The van der Waals surface area contributed by atoms with Crippen LogP contribution in [0.3, 0.4) is 0 Å². The molecule has 1 aromatic carbocycles. The van der Waals surface area contributed by atoms with E-state index >= 15 is 0 Å². The topological polar surface area (TPSA) is 109 Å². The second kappa shape index (κ2) is 9.14. The van der Waals surface area contributed by atoms with Gasteiger partial charge in [0.15, 0.2) is 0 Å². The molecule has 0 radical (unpaired) electrons. The molecule has 3 saturated carbocycles. The molecule has 9 nitrogen and oxygen atoms in total. The van der Waals surface area contributed by atoms with Crippen molar-refractivity contribution in [2.75, 3.05) is 0 Å². The second-order valence-corrected chi connectivity index (χ2v) is 13.3. The smallest absolute Gasteiger partial charge is 0.352 e. The Morgan fingerprint density at radius 1 is 1.00 bits per heavy atom. The minimum absolute atomic E-state index is 0.0249. The van der Waals surface area contributed by atoms with E-state index in [1.54, 1.807) is 28.9 Å². The van der Waals surface area contributed by atoms with Crippen LogP contribution in [-0.4, -0.2) is 38.6 Å². The van der Waals surface area contributed by atoms with Crippen LogP contribution in [0.5, 0.6) is 0 Å².